The molecular formula is C31H36N2O7S. The number of fused-ring (bicyclic) bond motifs is 1. The Morgan fingerprint density at radius 3 is 2.59 bits per heavy atom. The third-order valence-corrected chi connectivity index (χ3v) is 7.41. The standard InChI is InChI=1S/C31H36N2O7S/c1-7-9-14-39-23-13-11-21(17-25(23)37-6)28-27(30(36)40-18(3)4)19(5)32-31-33(28)29(35)26(41-31)16-20-10-12-22(34)24(15-20)38-8-2/h10-13,15-18,28,34H,7-9,14H2,1-6H3/b26-16-. The maximum absolute atomic E-state index is 13.9. The number of nitrogens with zero attached hydrogens (tertiary/aromatic N) is 2. The molecule has 9 nitrogen and oxygen atoms in total. The van der Waals surface area contributed by atoms with Gasteiger partial charge in [-0.05, 0) is 75.6 Å². The quantitative estimate of drug-likeness (QED) is 0.263. The van der Waals surface area contributed by atoms with Crippen LogP contribution in [0.3, 0.4) is 0 Å². The molecule has 1 unspecified atom stereocenters. The molecule has 0 radical (unpaired) electrons. The average molecular weight is 581 g/mol. The molecule has 0 fully saturated rings. The summed E-state index contributed by atoms with van der Waals surface area (Å²) in [6.07, 6.45) is 3.27. The Hall–Kier alpha value is -4.05. The molecule has 41 heavy (non-hydrogen) atoms. The van der Waals surface area contributed by atoms with Crippen LogP contribution in [0.4, 0.5) is 0 Å². The van der Waals surface area contributed by atoms with E-state index in [4.69, 9.17) is 18.9 Å². The minimum Gasteiger partial charge on any atom is -0.504 e. The largest absolute Gasteiger partial charge is 0.504 e. The first-order chi connectivity index (χ1) is 19.7. The van der Waals surface area contributed by atoms with Crippen molar-refractivity contribution in [1.29, 1.82) is 0 Å². The van der Waals surface area contributed by atoms with E-state index in [0.717, 1.165) is 12.8 Å². The van der Waals surface area contributed by atoms with Crippen LogP contribution >= 0.6 is 11.3 Å². The van der Waals surface area contributed by atoms with E-state index in [-0.39, 0.29) is 23.0 Å². The predicted octanol–water partition coefficient (Wildman–Crippen LogP) is 4.48. The van der Waals surface area contributed by atoms with Gasteiger partial charge in [-0.2, -0.15) is 0 Å². The van der Waals surface area contributed by atoms with Crippen molar-refractivity contribution in [3.8, 4) is 23.0 Å². The van der Waals surface area contributed by atoms with E-state index in [1.807, 2.05) is 13.0 Å². The number of hydrogen-bond donors (Lipinski definition) is 1. The fourth-order valence-corrected chi connectivity index (χ4v) is 5.57. The van der Waals surface area contributed by atoms with Crippen molar-refractivity contribution in [2.24, 2.45) is 4.99 Å². The fourth-order valence-electron chi connectivity index (χ4n) is 4.52. The number of phenolic OH excluding ortho intramolecular Hbond substituents is 1. The summed E-state index contributed by atoms with van der Waals surface area (Å²) in [6.45, 7) is 10.2. The third kappa shape index (κ3) is 6.48. The zero-order valence-corrected chi connectivity index (χ0v) is 25.0. The maximum Gasteiger partial charge on any atom is 0.338 e. The van der Waals surface area contributed by atoms with Gasteiger partial charge in [-0.25, -0.2) is 9.79 Å². The Morgan fingerprint density at radius 2 is 1.90 bits per heavy atom. The lowest BCUT2D eigenvalue weighted by molar-refractivity contribution is -0.143. The van der Waals surface area contributed by atoms with Gasteiger partial charge in [0.2, 0.25) is 0 Å². The van der Waals surface area contributed by atoms with E-state index in [9.17, 15) is 14.7 Å². The summed E-state index contributed by atoms with van der Waals surface area (Å²) in [7, 11) is 1.56. The van der Waals surface area contributed by atoms with Crippen LogP contribution in [0.2, 0.25) is 0 Å². The van der Waals surface area contributed by atoms with Crippen LogP contribution in [0.15, 0.2) is 57.5 Å². The molecule has 0 amide bonds. The number of phenols is 1. The highest BCUT2D eigenvalue weighted by molar-refractivity contribution is 7.07. The van der Waals surface area contributed by atoms with Gasteiger partial charge in [-0.1, -0.05) is 36.8 Å². The zero-order valence-electron chi connectivity index (χ0n) is 24.2. The zero-order chi connectivity index (χ0) is 29.7. The van der Waals surface area contributed by atoms with E-state index in [1.165, 1.54) is 22.0 Å². The number of aromatic nitrogens is 1. The summed E-state index contributed by atoms with van der Waals surface area (Å²) in [5, 5.41) is 10.1. The molecule has 0 bridgehead atoms. The molecule has 4 rings (SSSR count). The van der Waals surface area contributed by atoms with Crippen LogP contribution in [-0.2, 0) is 9.53 Å². The minimum atomic E-state index is -0.794. The molecule has 0 saturated carbocycles. The smallest absolute Gasteiger partial charge is 0.338 e. The van der Waals surface area contributed by atoms with Crippen molar-refractivity contribution in [1.82, 2.24) is 4.57 Å². The number of thiazole rings is 1. The lowest BCUT2D eigenvalue weighted by Crippen LogP contribution is -2.40. The number of unbranched alkanes of at least 4 members (excludes halogenated alkanes) is 1. The average Bonchev–Trinajstić information content (AvgIpc) is 3.23. The molecular weight excluding hydrogens is 544 g/mol. The van der Waals surface area contributed by atoms with E-state index >= 15 is 0 Å². The van der Waals surface area contributed by atoms with Gasteiger partial charge >= 0.3 is 5.97 Å². The topological polar surface area (TPSA) is 109 Å². The van der Waals surface area contributed by atoms with Crippen molar-refractivity contribution in [3.05, 3.63) is 78.5 Å². The lowest BCUT2D eigenvalue weighted by atomic mass is 9.95. The second-order valence-corrected chi connectivity index (χ2v) is 10.8. The van der Waals surface area contributed by atoms with E-state index in [1.54, 1.807) is 58.2 Å². The van der Waals surface area contributed by atoms with Gasteiger partial charge in [0.05, 0.1) is 48.3 Å². The summed E-state index contributed by atoms with van der Waals surface area (Å²) in [5.41, 5.74) is 1.78. The minimum absolute atomic E-state index is 0.0189. The van der Waals surface area contributed by atoms with Crippen LogP contribution in [-0.4, -0.2) is 42.1 Å². The first kappa shape index (κ1) is 29.9. The van der Waals surface area contributed by atoms with E-state index in [0.29, 0.717) is 56.6 Å². The SMILES string of the molecule is CCCCOc1ccc(C2C(C(=O)OC(C)C)=C(C)N=c3s/c(=C\c4ccc(O)c(OCC)c4)c(=O)n32)cc1OC. The van der Waals surface area contributed by atoms with Gasteiger partial charge in [-0.3, -0.25) is 9.36 Å². The second-order valence-electron chi connectivity index (χ2n) is 9.81. The van der Waals surface area contributed by atoms with Crippen molar-refractivity contribution in [2.45, 2.75) is 59.6 Å². The Labute approximate surface area is 243 Å². The first-order valence-corrected chi connectivity index (χ1v) is 14.5. The molecule has 1 aliphatic heterocycles. The van der Waals surface area contributed by atoms with E-state index < -0.39 is 12.0 Å². The number of carbonyl (C=O) groups is 1. The highest BCUT2D eigenvalue weighted by Crippen LogP contribution is 2.36. The highest BCUT2D eigenvalue weighted by Gasteiger charge is 2.34. The van der Waals surface area contributed by atoms with Crippen molar-refractivity contribution < 1.29 is 28.8 Å². The fraction of sp³-hybridized carbons (Fsp3) is 0.387. The number of ether oxygens (including phenoxy) is 4. The summed E-state index contributed by atoms with van der Waals surface area (Å²) >= 11 is 1.22. The van der Waals surface area contributed by atoms with Crippen LogP contribution in [0, 0.1) is 0 Å². The van der Waals surface area contributed by atoms with Crippen LogP contribution in [0.5, 0.6) is 23.0 Å². The van der Waals surface area contributed by atoms with E-state index in [2.05, 4.69) is 11.9 Å². The summed E-state index contributed by atoms with van der Waals surface area (Å²) in [5.74, 6) is 0.893. The number of benzene rings is 2. The summed E-state index contributed by atoms with van der Waals surface area (Å²) < 4.78 is 24.6. The lowest BCUT2D eigenvalue weighted by Gasteiger charge is -2.26. The normalized spacial score (nSPS) is 15.0. The molecule has 0 spiro atoms. The molecule has 218 valence electrons. The Balaban J connectivity index is 1.89. The number of hydrogen-bond acceptors (Lipinski definition) is 9. The van der Waals surface area contributed by atoms with Gasteiger partial charge in [0.15, 0.2) is 27.8 Å². The molecule has 10 heteroatoms. The third-order valence-electron chi connectivity index (χ3n) is 6.42. The molecule has 2 aromatic carbocycles. The highest BCUT2D eigenvalue weighted by atomic mass is 32.1. The molecule has 0 aliphatic carbocycles. The predicted molar refractivity (Wildman–Crippen MR) is 158 cm³/mol. The number of aromatic hydroxyl groups is 1. The van der Waals surface area contributed by atoms with Crippen molar-refractivity contribution >= 4 is 23.4 Å². The molecule has 1 atom stereocenters. The number of allylic oxidation sites excluding steroid dienone is 1. The van der Waals surface area contributed by atoms with Crippen molar-refractivity contribution in [2.75, 3.05) is 20.3 Å². The molecule has 2 heterocycles. The van der Waals surface area contributed by atoms with Gasteiger partial charge in [-0.15, -0.1) is 0 Å². The number of esters is 1. The van der Waals surface area contributed by atoms with Crippen LogP contribution < -0.4 is 29.1 Å². The number of rotatable bonds is 11. The van der Waals surface area contributed by atoms with Crippen LogP contribution in [0.1, 0.15) is 64.6 Å². The molecule has 1 aliphatic rings. The molecule has 1 N–H and O–H groups in total. The molecule has 1 aromatic heterocycles. The van der Waals surface area contributed by atoms with Crippen LogP contribution in [0.25, 0.3) is 6.08 Å². The van der Waals surface area contributed by atoms with Gasteiger partial charge < -0.3 is 24.1 Å². The maximum atomic E-state index is 13.9. The summed E-state index contributed by atoms with van der Waals surface area (Å²) in [4.78, 5) is 32.4. The Morgan fingerprint density at radius 1 is 1.12 bits per heavy atom. The monoisotopic (exact) mass is 580 g/mol. The first-order valence-electron chi connectivity index (χ1n) is 13.7. The Kier molecular flexibility index (Phi) is 9.54. The molecule has 3 aromatic rings. The van der Waals surface area contributed by atoms with Gasteiger partial charge in [0, 0.05) is 0 Å². The van der Waals surface area contributed by atoms with Gasteiger partial charge in [0.25, 0.3) is 5.56 Å². The summed E-state index contributed by atoms with van der Waals surface area (Å²) in [6, 6.07) is 9.53. The second kappa shape index (κ2) is 13.1. The van der Waals surface area contributed by atoms with Gasteiger partial charge in [0.1, 0.15) is 0 Å². The number of methoxy groups -OCH3 is 1. The van der Waals surface area contributed by atoms with Crippen molar-refractivity contribution in [3.63, 3.8) is 0 Å². The molecule has 0 saturated heterocycles. The Bertz CT molecular complexity index is 1630. The number of carbonyl (C=O) groups excluding carboxylic acids is 1.